The van der Waals surface area contributed by atoms with E-state index in [4.69, 9.17) is 29.1 Å². The van der Waals surface area contributed by atoms with Crippen LogP contribution in [0.1, 0.15) is 101 Å². The predicted octanol–water partition coefficient (Wildman–Crippen LogP) is 5.95. The van der Waals surface area contributed by atoms with Gasteiger partial charge in [0.2, 0.25) is 0 Å². The first kappa shape index (κ1) is 49.2. The molecule has 7 rings (SSSR count). The van der Waals surface area contributed by atoms with E-state index >= 15 is 0 Å². The molecule has 14 nitrogen and oxygen atoms in total. The van der Waals surface area contributed by atoms with Gasteiger partial charge >= 0.3 is 17.9 Å². The van der Waals surface area contributed by atoms with Crippen LogP contribution in [0.3, 0.4) is 0 Å². The van der Waals surface area contributed by atoms with Gasteiger partial charge in [-0.05, 0) is 66.0 Å². The summed E-state index contributed by atoms with van der Waals surface area (Å²) in [5, 5.41) is 42.9. The van der Waals surface area contributed by atoms with Gasteiger partial charge in [-0.1, -0.05) is 108 Å². The van der Waals surface area contributed by atoms with E-state index in [0.29, 0.717) is 16.7 Å². The van der Waals surface area contributed by atoms with Gasteiger partial charge in [-0.15, -0.1) is 0 Å². The minimum Gasteiger partial charge on any atom is -0.456 e. The van der Waals surface area contributed by atoms with E-state index in [0.717, 1.165) is 18.1 Å². The van der Waals surface area contributed by atoms with Crippen molar-refractivity contribution in [3.8, 4) is 0 Å². The standard InChI is InChI=1S/C51H66N2O12Si/c1-9-66(10-2,11-3)65-36-27-37-50(29-61-37,64-31(5)54)42-44(63-46(58)34-25-19-14-20-26-34)51(60)28-35(30(4)38(48(51,6)7)41(55)43(56)49(36,42)8)62-47(59)39(52)40(32-21-15-12-16-22-32)53-45(57)33-23-17-13-18-24-33/h12-26,35-37,39-44,55-56,60H,9-11,27-29,52H2,1-8H3,(H,53,57)/t35?,36?,37?,39?,40?,41?,42?,43?,44?,49-,50+,51?/m1/s1. The van der Waals surface area contributed by atoms with Crippen LogP contribution in [0.15, 0.2) is 102 Å². The second kappa shape index (κ2) is 18.7. The average molecular weight is 927 g/mol. The average Bonchev–Trinajstić information content (AvgIpc) is 3.31. The van der Waals surface area contributed by atoms with E-state index in [-0.39, 0.29) is 30.6 Å². The van der Waals surface area contributed by atoms with Crippen molar-refractivity contribution in [2.24, 2.45) is 22.5 Å². The van der Waals surface area contributed by atoms with Crippen molar-refractivity contribution in [2.45, 2.75) is 146 Å². The van der Waals surface area contributed by atoms with Crippen LogP contribution in [0.2, 0.25) is 18.1 Å². The summed E-state index contributed by atoms with van der Waals surface area (Å²) in [6, 6.07) is 25.2. The molecule has 1 aliphatic heterocycles. The first-order chi connectivity index (χ1) is 31.2. The van der Waals surface area contributed by atoms with Crippen LogP contribution >= 0.6 is 0 Å². The van der Waals surface area contributed by atoms with Crippen LogP contribution in [0, 0.1) is 16.7 Å². The van der Waals surface area contributed by atoms with Crippen molar-refractivity contribution in [1.29, 1.82) is 0 Å². The van der Waals surface area contributed by atoms with Gasteiger partial charge in [-0.3, -0.25) is 14.4 Å². The number of benzene rings is 3. The van der Waals surface area contributed by atoms with Crippen LogP contribution in [0.5, 0.6) is 0 Å². The Bertz CT molecular complexity index is 2280. The van der Waals surface area contributed by atoms with Gasteiger partial charge in [0, 0.05) is 36.2 Å². The van der Waals surface area contributed by atoms with Gasteiger partial charge in [-0.2, -0.15) is 0 Å². The zero-order valence-electron chi connectivity index (χ0n) is 39.2. The summed E-state index contributed by atoms with van der Waals surface area (Å²) in [6.07, 6.45) is -8.15. The zero-order chi connectivity index (χ0) is 48.0. The number of ether oxygens (including phenoxy) is 4. The predicted molar refractivity (Wildman–Crippen MR) is 247 cm³/mol. The zero-order valence-corrected chi connectivity index (χ0v) is 40.2. The van der Waals surface area contributed by atoms with Gasteiger partial charge in [0.15, 0.2) is 13.9 Å². The van der Waals surface area contributed by atoms with Gasteiger partial charge in [0.1, 0.15) is 36.1 Å². The van der Waals surface area contributed by atoms with Crippen LogP contribution in [-0.2, 0) is 33.0 Å². The molecule has 3 aromatic carbocycles. The topological polar surface area (TPSA) is 213 Å². The summed E-state index contributed by atoms with van der Waals surface area (Å²) in [5.41, 5.74) is 1.44. The lowest BCUT2D eigenvalue weighted by molar-refractivity contribution is -0.363. The SMILES string of the molecule is CC[Si](CC)(CC)OC1CC2OC[C@@]2(OC(C)=O)C2C(OC(=O)c3ccccc3)C3(O)CC(OC(=O)C(N)C(NC(=O)c4ccccc4)c4ccccc4)C(C)=C(C(O)C(O)[C@]12C)C3(C)C. The number of nitrogens with one attached hydrogen (secondary N) is 1. The molecule has 1 amide bonds. The molecule has 3 aliphatic carbocycles. The molecule has 2 bridgehead atoms. The molecule has 10 unspecified atom stereocenters. The number of rotatable bonds is 14. The molecule has 12 atom stereocenters. The fourth-order valence-corrected chi connectivity index (χ4v) is 14.6. The Labute approximate surface area is 388 Å². The molecular formula is C51H66N2O12Si. The van der Waals surface area contributed by atoms with Gasteiger partial charge in [-0.25, -0.2) is 4.79 Å². The highest BCUT2D eigenvalue weighted by atomic mass is 28.4. The van der Waals surface area contributed by atoms with Crippen molar-refractivity contribution in [2.75, 3.05) is 6.61 Å². The molecule has 2 saturated carbocycles. The number of esters is 3. The number of carbonyl (C=O) groups is 4. The van der Waals surface area contributed by atoms with Crippen LogP contribution in [0.4, 0.5) is 0 Å². The van der Waals surface area contributed by atoms with E-state index in [1.807, 2.05) is 0 Å². The lowest BCUT2D eigenvalue weighted by Crippen LogP contribution is -2.82. The molecular weight excluding hydrogens is 861 g/mol. The third-order valence-electron chi connectivity index (χ3n) is 15.8. The highest BCUT2D eigenvalue weighted by molar-refractivity contribution is 6.73. The molecule has 0 spiro atoms. The van der Waals surface area contributed by atoms with Crippen molar-refractivity contribution >= 4 is 32.1 Å². The number of carbonyl (C=O) groups excluding carboxylic acids is 4. The van der Waals surface area contributed by atoms with Crippen molar-refractivity contribution in [1.82, 2.24) is 5.32 Å². The third-order valence-corrected chi connectivity index (χ3v) is 20.5. The van der Waals surface area contributed by atoms with Crippen molar-refractivity contribution in [3.05, 3.63) is 119 Å². The highest BCUT2D eigenvalue weighted by Crippen LogP contribution is 2.66. The van der Waals surface area contributed by atoms with Gasteiger partial charge in [0.25, 0.3) is 5.91 Å². The molecule has 6 N–H and O–H groups in total. The molecule has 3 fully saturated rings. The Morgan fingerprint density at radius 2 is 1.42 bits per heavy atom. The minimum atomic E-state index is -2.53. The molecule has 1 saturated heterocycles. The summed E-state index contributed by atoms with van der Waals surface area (Å²) < 4.78 is 32.9. The number of nitrogens with two attached hydrogens (primary N) is 1. The summed E-state index contributed by atoms with van der Waals surface area (Å²) in [4.78, 5) is 56.0. The monoisotopic (exact) mass is 926 g/mol. The number of fused-ring (bicyclic) bond motifs is 5. The number of hydrogen-bond donors (Lipinski definition) is 5. The van der Waals surface area contributed by atoms with Crippen LogP contribution in [-0.4, -0.2) is 108 Å². The maximum absolute atomic E-state index is 14.6. The fraction of sp³-hybridized carbons (Fsp3) is 0.529. The summed E-state index contributed by atoms with van der Waals surface area (Å²) >= 11 is 0. The summed E-state index contributed by atoms with van der Waals surface area (Å²) in [6.45, 7) is 14.1. The lowest BCUT2D eigenvalue weighted by Gasteiger charge is -2.70. The third kappa shape index (κ3) is 8.24. The Balaban J connectivity index is 1.39. The van der Waals surface area contributed by atoms with E-state index in [9.17, 15) is 34.5 Å². The Hall–Kier alpha value is -4.74. The van der Waals surface area contributed by atoms with Gasteiger partial charge in [0.05, 0.1) is 36.3 Å². The minimum absolute atomic E-state index is 0.161. The molecule has 66 heavy (non-hydrogen) atoms. The lowest BCUT2D eigenvalue weighted by atomic mass is 9.44. The largest absolute Gasteiger partial charge is 0.456 e. The quantitative estimate of drug-likeness (QED) is 0.0548. The molecule has 1 heterocycles. The molecule has 15 heteroatoms. The fourth-order valence-electron chi connectivity index (χ4n) is 11.7. The second-order valence-electron chi connectivity index (χ2n) is 19.4. The summed E-state index contributed by atoms with van der Waals surface area (Å²) in [7, 11) is -2.53. The van der Waals surface area contributed by atoms with E-state index in [1.165, 1.54) is 6.92 Å². The number of aliphatic hydroxyl groups excluding tert-OH is 2. The van der Waals surface area contributed by atoms with E-state index in [1.54, 1.807) is 119 Å². The second-order valence-corrected chi connectivity index (χ2v) is 24.1. The maximum Gasteiger partial charge on any atom is 0.338 e. The maximum atomic E-state index is 14.6. The number of amides is 1. The highest BCUT2D eigenvalue weighted by Gasteiger charge is 2.78. The van der Waals surface area contributed by atoms with E-state index in [2.05, 4.69) is 26.1 Å². The van der Waals surface area contributed by atoms with Crippen molar-refractivity contribution in [3.63, 3.8) is 0 Å². The smallest absolute Gasteiger partial charge is 0.338 e. The number of aliphatic hydroxyl groups is 3. The van der Waals surface area contributed by atoms with Crippen LogP contribution < -0.4 is 11.1 Å². The molecule has 4 aliphatic rings. The van der Waals surface area contributed by atoms with Gasteiger partial charge < -0.3 is 49.7 Å². The molecule has 0 radical (unpaired) electrons. The molecule has 3 aromatic rings. The first-order valence-electron chi connectivity index (χ1n) is 23.2. The Kier molecular flexibility index (Phi) is 14.0. The Morgan fingerprint density at radius 3 is 1.95 bits per heavy atom. The molecule has 356 valence electrons. The van der Waals surface area contributed by atoms with Crippen molar-refractivity contribution < 1.29 is 57.9 Å². The summed E-state index contributed by atoms with van der Waals surface area (Å²) in [5.74, 6) is -4.14. The van der Waals surface area contributed by atoms with E-state index < -0.39 is 109 Å². The first-order valence-corrected chi connectivity index (χ1v) is 25.7. The van der Waals surface area contributed by atoms with Crippen LogP contribution in [0.25, 0.3) is 0 Å². The molecule has 0 aromatic heterocycles. The normalized spacial score (nSPS) is 32.2. The number of hydrogen-bond acceptors (Lipinski definition) is 13. The Morgan fingerprint density at radius 1 is 0.864 bits per heavy atom.